The molecule has 1 saturated heterocycles. The first kappa shape index (κ1) is 11.9. The summed E-state index contributed by atoms with van der Waals surface area (Å²) < 4.78 is 0. The van der Waals surface area contributed by atoms with Gasteiger partial charge in [-0.05, 0) is 25.5 Å². The van der Waals surface area contributed by atoms with Gasteiger partial charge in [-0.25, -0.2) is 0 Å². The molecule has 1 amide bonds. The predicted octanol–water partition coefficient (Wildman–Crippen LogP) is 1.08. The van der Waals surface area contributed by atoms with E-state index < -0.39 is 0 Å². The Morgan fingerprint density at radius 2 is 2.43 bits per heavy atom. The van der Waals surface area contributed by atoms with Gasteiger partial charge in [-0.15, -0.1) is 0 Å². The van der Waals surface area contributed by atoms with Crippen molar-refractivity contribution in [2.24, 2.45) is 5.73 Å². The molecular weight excluding hydrogens is 196 g/mol. The normalized spacial score (nSPS) is 23.5. The number of hydrogen-bond acceptors (Lipinski definition) is 3. The van der Waals surface area contributed by atoms with Crippen molar-refractivity contribution in [2.75, 3.05) is 18.6 Å². The molecule has 0 aromatic carbocycles. The fraction of sp³-hybridized carbons (Fsp3) is 0.900. The highest BCUT2D eigenvalue weighted by atomic mass is 32.2. The first-order chi connectivity index (χ1) is 6.61. The van der Waals surface area contributed by atoms with Crippen LogP contribution < -0.4 is 5.73 Å². The smallest absolute Gasteiger partial charge is 0.222 e. The molecule has 0 saturated carbocycles. The summed E-state index contributed by atoms with van der Waals surface area (Å²) >= 11 is 1.93. The monoisotopic (exact) mass is 216 g/mol. The van der Waals surface area contributed by atoms with E-state index in [4.69, 9.17) is 5.73 Å². The molecule has 0 spiro atoms. The number of carbonyl (C=O) groups is 1. The summed E-state index contributed by atoms with van der Waals surface area (Å²) in [7, 11) is 1.92. The van der Waals surface area contributed by atoms with E-state index in [1.165, 1.54) is 5.75 Å². The van der Waals surface area contributed by atoms with Gasteiger partial charge in [0.1, 0.15) is 0 Å². The third kappa shape index (κ3) is 3.50. The minimum absolute atomic E-state index is 0.130. The summed E-state index contributed by atoms with van der Waals surface area (Å²) in [5.74, 6) is 2.53. The second-order valence-corrected chi connectivity index (χ2v) is 5.19. The van der Waals surface area contributed by atoms with Crippen molar-refractivity contribution >= 4 is 17.7 Å². The fourth-order valence-corrected chi connectivity index (χ4v) is 2.83. The number of thioether (sulfide) groups is 1. The van der Waals surface area contributed by atoms with E-state index in [0.717, 1.165) is 18.6 Å². The number of rotatable bonds is 4. The van der Waals surface area contributed by atoms with Crippen LogP contribution in [-0.2, 0) is 4.79 Å². The Morgan fingerprint density at radius 3 is 2.93 bits per heavy atom. The minimum atomic E-state index is 0.130. The lowest BCUT2D eigenvalue weighted by Crippen LogP contribution is -2.37. The molecule has 3 nitrogen and oxygen atoms in total. The van der Waals surface area contributed by atoms with Crippen LogP contribution in [0.4, 0.5) is 0 Å². The van der Waals surface area contributed by atoms with E-state index in [2.05, 4.69) is 0 Å². The fourth-order valence-electron chi connectivity index (χ4n) is 1.56. The molecule has 1 heterocycles. The van der Waals surface area contributed by atoms with Crippen LogP contribution in [0.15, 0.2) is 0 Å². The summed E-state index contributed by atoms with van der Waals surface area (Å²) in [6.45, 7) is 1.94. The Morgan fingerprint density at radius 1 is 1.71 bits per heavy atom. The third-order valence-corrected chi connectivity index (χ3v) is 3.81. The van der Waals surface area contributed by atoms with Gasteiger partial charge in [0.15, 0.2) is 0 Å². The van der Waals surface area contributed by atoms with E-state index in [9.17, 15) is 4.79 Å². The lowest BCUT2D eigenvalue weighted by Gasteiger charge is -2.24. The molecule has 2 N–H and O–H groups in total. The van der Waals surface area contributed by atoms with Crippen LogP contribution in [0, 0.1) is 0 Å². The van der Waals surface area contributed by atoms with E-state index in [1.807, 2.05) is 30.6 Å². The summed E-state index contributed by atoms with van der Waals surface area (Å²) in [5, 5.41) is 0. The Bertz CT molecular complexity index is 191. The lowest BCUT2D eigenvalue weighted by molar-refractivity contribution is -0.131. The van der Waals surface area contributed by atoms with E-state index in [-0.39, 0.29) is 11.9 Å². The first-order valence-corrected chi connectivity index (χ1v) is 6.35. The topological polar surface area (TPSA) is 46.3 Å². The molecule has 1 fully saturated rings. The second kappa shape index (κ2) is 5.61. The highest BCUT2D eigenvalue weighted by molar-refractivity contribution is 7.99. The lowest BCUT2D eigenvalue weighted by atomic mass is 10.1. The molecule has 1 aliphatic heterocycles. The maximum Gasteiger partial charge on any atom is 0.222 e. The van der Waals surface area contributed by atoms with Crippen LogP contribution >= 0.6 is 11.8 Å². The van der Waals surface area contributed by atoms with Crippen LogP contribution in [0.25, 0.3) is 0 Å². The Hall–Kier alpha value is -0.220. The number of hydrogen-bond donors (Lipinski definition) is 1. The highest BCUT2D eigenvalue weighted by Gasteiger charge is 2.23. The van der Waals surface area contributed by atoms with Crippen LogP contribution in [-0.4, -0.2) is 41.4 Å². The zero-order valence-corrected chi connectivity index (χ0v) is 9.85. The number of nitrogens with two attached hydrogens (primary N) is 1. The van der Waals surface area contributed by atoms with Gasteiger partial charge >= 0.3 is 0 Å². The maximum absolute atomic E-state index is 11.7. The van der Waals surface area contributed by atoms with Crippen LogP contribution in [0.5, 0.6) is 0 Å². The number of amides is 1. The average Bonchev–Trinajstić information content (AvgIpc) is 2.65. The van der Waals surface area contributed by atoms with E-state index >= 15 is 0 Å². The first-order valence-electron chi connectivity index (χ1n) is 5.20. The van der Waals surface area contributed by atoms with Gasteiger partial charge in [-0.3, -0.25) is 4.79 Å². The second-order valence-electron chi connectivity index (χ2n) is 4.04. The van der Waals surface area contributed by atoms with E-state index in [0.29, 0.717) is 12.5 Å². The van der Waals surface area contributed by atoms with Gasteiger partial charge in [0, 0.05) is 31.3 Å². The molecule has 0 radical (unpaired) electrons. The summed E-state index contributed by atoms with van der Waals surface area (Å²) in [4.78, 5) is 13.6. The SMILES string of the molecule is CC(N)CCC(=O)N(C)C1CCSC1. The van der Waals surface area contributed by atoms with Gasteiger partial charge in [0.05, 0.1) is 0 Å². The number of nitrogens with zero attached hydrogens (tertiary/aromatic N) is 1. The molecule has 0 aromatic rings. The summed E-state index contributed by atoms with van der Waals surface area (Å²) in [5.41, 5.74) is 5.62. The predicted molar refractivity (Wildman–Crippen MR) is 61.4 cm³/mol. The molecule has 0 bridgehead atoms. The zero-order valence-electron chi connectivity index (χ0n) is 9.03. The number of carbonyl (C=O) groups excluding carboxylic acids is 1. The van der Waals surface area contributed by atoms with Crippen molar-refractivity contribution in [3.05, 3.63) is 0 Å². The molecule has 2 atom stereocenters. The van der Waals surface area contributed by atoms with Crippen LogP contribution in [0.3, 0.4) is 0 Å². The highest BCUT2D eigenvalue weighted by Crippen LogP contribution is 2.21. The van der Waals surface area contributed by atoms with Crippen molar-refractivity contribution in [2.45, 2.75) is 38.3 Å². The van der Waals surface area contributed by atoms with Gasteiger partial charge in [0.2, 0.25) is 5.91 Å². The third-order valence-electron chi connectivity index (χ3n) is 2.66. The van der Waals surface area contributed by atoms with Crippen molar-refractivity contribution in [1.29, 1.82) is 0 Å². The zero-order chi connectivity index (χ0) is 10.6. The molecule has 2 unspecified atom stereocenters. The average molecular weight is 216 g/mol. The summed E-state index contributed by atoms with van der Waals surface area (Å²) in [6.07, 6.45) is 2.53. The Balaban J connectivity index is 2.28. The van der Waals surface area contributed by atoms with Crippen LogP contribution in [0.2, 0.25) is 0 Å². The van der Waals surface area contributed by atoms with Crippen molar-refractivity contribution in [1.82, 2.24) is 4.90 Å². The standard InChI is InChI=1S/C10H20N2OS/c1-8(11)3-4-10(13)12(2)9-5-6-14-7-9/h8-9H,3-7,11H2,1-2H3. The van der Waals surface area contributed by atoms with Gasteiger partial charge in [-0.2, -0.15) is 11.8 Å². The molecule has 0 aromatic heterocycles. The Labute approximate surface area is 90.4 Å². The quantitative estimate of drug-likeness (QED) is 0.765. The van der Waals surface area contributed by atoms with E-state index in [1.54, 1.807) is 0 Å². The van der Waals surface area contributed by atoms with Crippen molar-refractivity contribution in [3.8, 4) is 0 Å². The molecule has 1 aliphatic rings. The van der Waals surface area contributed by atoms with Gasteiger partial charge < -0.3 is 10.6 Å². The van der Waals surface area contributed by atoms with Gasteiger partial charge in [0.25, 0.3) is 0 Å². The Kier molecular flexibility index (Phi) is 4.75. The summed E-state index contributed by atoms with van der Waals surface area (Å²) in [6, 6.07) is 0.589. The molecule has 0 aliphatic carbocycles. The molecule has 14 heavy (non-hydrogen) atoms. The van der Waals surface area contributed by atoms with Crippen molar-refractivity contribution in [3.63, 3.8) is 0 Å². The largest absolute Gasteiger partial charge is 0.342 e. The van der Waals surface area contributed by atoms with Gasteiger partial charge in [-0.1, -0.05) is 0 Å². The molecule has 4 heteroatoms. The van der Waals surface area contributed by atoms with Crippen LogP contribution in [0.1, 0.15) is 26.2 Å². The van der Waals surface area contributed by atoms with Crippen molar-refractivity contribution < 1.29 is 4.79 Å². The molecule has 1 rings (SSSR count). The minimum Gasteiger partial charge on any atom is -0.342 e. The maximum atomic E-state index is 11.7. The molecule has 82 valence electrons. The molecular formula is C10H20N2OS.